The molecule has 6 nitrogen and oxygen atoms in total. The molecular formula is C40H56O6. The Labute approximate surface area is 276 Å². The summed E-state index contributed by atoms with van der Waals surface area (Å²) in [6, 6.07) is 15.2. The first-order chi connectivity index (χ1) is 21.6. The van der Waals surface area contributed by atoms with E-state index >= 15 is 0 Å². The van der Waals surface area contributed by atoms with E-state index in [1.807, 2.05) is 6.07 Å². The molecule has 2 aromatic rings. The Bertz CT molecular complexity index is 1290. The van der Waals surface area contributed by atoms with Crippen molar-refractivity contribution in [1.82, 2.24) is 0 Å². The highest BCUT2D eigenvalue weighted by Gasteiger charge is 2.29. The third-order valence-electron chi connectivity index (χ3n) is 9.54. The molecule has 0 radical (unpaired) electrons. The SMILES string of the molecule is C=C(C(=O)OCC(COC(=O)C(=C)C(C)(C)O)c1ccc(-c2ccc(C3CCC(CCCCC)CC3)cc2)c(CC)c1)C(C)(C)O. The summed E-state index contributed by atoms with van der Waals surface area (Å²) in [4.78, 5) is 25.3. The summed E-state index contributed by atoms with van der Waals surface area (Å²) < 4.78 is 11.1. The maximum Gasteiger partial charge on any atom is 0.336 e. The molecule has 2 aromatic carbocycles. The summed E-state index contributed by atoms with van der Waals surface area (Å²) >= 11 is 0. The van der Waals surface area contributed by atoms with Crippen molar-refractivity contribution in [2.45, 2.75) is 122 Å². The Morgan fingerprint density at radius 1 is 0.826 bits per heavy atom. The number of carbonyl (C=O) groups is 2. The smallest absolute Gasteiger partial charge is 0.336 e. The van der Waals surface area contributed by atoms with Crippen molar-refractivity contribution in [3.05, 3.63) is 83.5 Å². The van der Waals surface area contributed by atoms with Crippen LogP contribution in [0, 0.1) is 5.92 Å². The fraction of sp³-hybridized carbons (Fsp3) is 0.550. The highest BCUT2D eigenvalue weighted by molar-refractivity contribution is 5.90. The monoisotopic (exact) mass is 632 g/mol. The van der Waals surface area contributed by atoms with Gasteiger partial charge < -0.3 is 19.7 Å². The minimum atomic E-state index is -1.43. The van der Waals surface area contributed by atoms with E-state index in [1.54, 1.807) is 0 Å². The Hall–Kier alpha value is -3.22. The van der Waals surface area contributed by atoms with Crippen LogP contribution in [0.2, 0.25) is 0 Å². The van der Waals surface area contributed by atoms with Gasteiger partial charge in [0.1, 0.15) is 13.2 Å². The van der Waals surface area contributed by atoms with E-state index in [-0.39, 0.29) is 24.4 Å². The molecule has 0 heterocycles. The molecular weight excluding hydrogens is 576 g/mol. The van der Waals surface area contributed by atoms with Crippen LogP contribution in [0.25, 0.3) is 11.1 Å². The summed E-state index contributed by atoms with van der Waals surface area (Å²) in [7, 11) is 0. The number of hydrogen-bond acceptors (Lipinski definition) is 6. The Balaban J connectivity index is 1.77. The fourth-order valence-electron chi connectivity index (χ4n) is 6.11. The van der Waals surface area contributed by atoms with Gasteiger partial charge in [0, 0.05) is 0 Å². The summed E-state index contributed by atoms with van der Waals surface area (Å²) in [6.45, 7) is 17.4. The van der Waals surface area contributed by atoms with Crippen LogP contribution in [0.4, 0.5) is 0 Å². The predicted octanol–water partition coefficient (Wildman–Crippen LogP) is 8.59. The highest BCUT2D eigenvalue weighted by atomic mass is 16.5. The van der Waals surface area contributed by atoms with Crippen LogP contribution in [0.15, 0.2) is 66.8 Å². The van der Waals surface area contributed by atoms with Gasteiger partial charge in [-0.15, -0.1) is 0 Å². The topological polar surface area (TPSA) is 93.1 Å². The van der Waals surface area contributed by atoms with Crippen molar-refractivity contribution in [3.63, 3.8) is 0 Å². The number of aryl methyl sites for hydroxylation is 1. The van der Waals surface area contributed by atoms with E-state index in [1.165, 1.54) is 84.6 Å². The number of unbranched alkanes of at least 4 members (excludes halogenated alkanes) is 2. The van der Waals surface area contributed by atoms with Crippen LogP contribution >= 0.6 is 0 Å². The summed E-state index contributed by atoms with van der Waals surface area (Å²) in [5, 5.41) is 20.4. The van der Waals surface area contributed by atoms with Gasteiger partial charge in [-0.3, -0.25) is 0 Å². The second-order valence-electron chi connectivity index (χ2n) is 14.1. The Morgan fingerprint density at radius 2 is 1.37 bits per heavy atom. The zero-order valence-corrected chi connectivity index (χ0v) is 29.0. The van der Waals surface area contributed by atoms with Gasteiger partial charge in [-0.1, -0.05) is 95.2 Å². The largest absolute Gasteiger partial charge is 0.461 e. The average molecular weight is 633 g/mol. The van der Waals surface area contributed by atoms with Crippen molar-refractivity contribution in [2.24, 2.45) is 5.92 Å². The lowest BCUT2D eigenvalue weighted by molar-refractivity contribution is -0.144. The quantitative estimate of drug-likeness (QED) is 0.109. The molecule has 6 heteroatoms. The third-order valence-corrected chi connectivity index (χ3v) is 9.54. The Kier molecular flexibility index (Phi) is 13.4. The molecule has 2 N–H and O–H groups in total. The number of carbonyl (C=O) groups excluding carboxylic acids is 2. The maximum absolute atomic E-state index is 12.6. The molecule has 0 amide bonds. The molecule has 0 unspecified atom stereocenters. The van der Waals surface area contributed by atoms with Gasteiger partial charge in [-0.25, -0.2) is 9.59 Å². The fourth-order valence-corrected chi connectivity index (χ4v) is 6.11. The molecule has 3 rings (SSSR count). The van der Waals surface area contributed by atoms with Gasteiger partial charge in [-0.2, -0.15) is 0 Å². The maximum atomic E-state index is 12.6. The van der Waals surface area contributed by atoms with E-state index < -0.39 is 29.1 Å². The zero-order valence-electron chi connectivity index (χ0n) is 29.0. The van der Waals surface area contributed by atoms with Crippen LogP contribution in [0.3, 0.4) is 0 Å². The first-order valence-corrected chi connectivity index (χ1v) is 17.1. The third kappa shape index (κ3) is 10.4. The average Bonchev–Trinajstić information content (AvgIpc) is 3.03. The van der Waals surface area contributed by atoms with Crippen LogP contribution in [0.5, 0.6) is 0 Å². The van der Waals surface area contributed by atoms with E-state index in [0.29, 0.717) is 5.92 Å². The van der Waals surface area contributed by atoms with Gasteiger partial charge in [0.15, 0.2) is 0 Å². The van der Waals surface area contributed by atoms with Gasteiger partial charge in [0.25, 0.3) is 0 Å². The molecule has 1 aliphatic carbocycles. The van der Waals surface area contributed by atoms with Gasteiger partial charge in [-0.05, 0) is 99.5 Å². The number of benzene rings is 2. The van der Waals surface area contributed by atoms with E-state index in [9.17, 15) is 19.8 Å². The van der Waals surface area contributed by atoms with E-state index in [0.717, 1.165) is 34.6 Å². The summed E-state index contributed by atoms with van der Waals surface area (Å²) in [5.41, 5.74) is 2.70. The summed E-state index contributed by atoms with van der Waals surface area (Å²) in [6.07, 6.45) is 11.4. The van der Waals surface area contributed by atoms with Crippen molar-refractivity contribution in [2.75, 3.05) is 13.2 Å². The van der Waals surface area contributed by atoms with Crippen molar-refractivity contribution in [3.8, 4) is 11.1 Å². The van der Waals surface area contributed by atoms with Gasteiger partial charge >= 0.3 is 11.9 Å². The molecule has 46 heavy (non-hydrogen) atoms. The predicted molar refractivity (Wildman–Crippen MR) is 186 cm³/mol. The number of ether oxygens (including phenoxy) is 2. The van der Waals surface area contributed by atoms with Gasteiger partial charge in [0.05, 0.1) is 28.3 Å². The Morgan fingerprint density at radius 3 is 1.85 bits per heavy atom. The molecule has 0 spiro atoms. The second kappa shape index (κ2) is 16.6. The number of rotatable bonds is 16. The number of aliphatic hydroxyl groups is 2. The molecule has 0 aliphatic heterocycles. The number of hydrogen-bond donors (Lipinski definition) is 2. The van der Waals surface area contributed by atoms with Crippen LogP contribution in [-0.4, -0.2) is 46.6 Å². The normalized spacial score (nSPS) is 17.1. The molecule has 0 atom stereocenters. The molecule has 1 fully saturated rings. The van der Waals surface area contributed by atoms with Crippen LogP contribution in [-0.2, 0) is 25.5 Å². The lowest BCUT2D eigenvalue weighted by atomic mass is 9.77. The zero-order chi connectivity index (χ0) is 34.1. The standard InChI is InChI=1S/C40H56O6/c1-9-11-12-13-29-14-16-31(17-15-29)32-18-20-33(21-19-32)36-23-22-34(24-30(36)10-2)35(25-45-37(41)27(3)39(5,6)43)26-46-38(42)28(4)40(7,8)44/h18-24,29,31,35,43-44H,3-4,9-17,25-26H2,1-2,5-8H3. The lowest BCUT2D eigenvalue weighted by Gasteiger charge is -2.29. The minimum absolute atomic E-state index is 0.0632. The van der Waals surface area contributed by atoms with Crippen molar-refractivity contribution in [1.29, 1.82) is 0 Å². The van der Waals surface area contributed by atoms with Crippen molar-refractivity contribution < 1.29 is 29.3 Å². The summed E-state index contributed by atoms with van der Waals surface area (Å²) in [5.74, 6) is -0.403. The lowest BCUT2D eigenvalue weighted by Crippen LogP contribution is -2.31. The molecule has 0 saturated heterocycles. The molecule has 1 saturated carbocycles. The van der Waals surface area contributed by atoms with Crippen LogP contribution < -0.4 is 0 Å². The number of esters is 2. The minimum Gasteiger partial charge on any atom is -0.461 e. The first kappa shape index (κ1) is 37.2. The second-order valence-corrected chi connectivity index (χ2v) is 14.1. The highest BCUT2D eigenvalue weighted by Crippen LogP contribution is 2.39. The van der Waals surface area contributed by atoms with E-state index in [2.05, 4.69) is 63.4 Å². The first-order valence-electron chi connectivity index (χ1n) is 17.1. The van der Waals surface area contributed by atoms with E-state index in [4.69, 9.17) is 9.47 Å². The molecule has 1 aliphatic rings. The molecule has 0 bridgehead atoms. The van der Waals surface area contributed by atoms with Gasteiger partial charge in [0.2, 0.25) is 0 Å². The molecule has 0 aromatic heterocycles. The van der Waals surface area contributed by atoms with Crippen LogP contribution in [0.1, 0.15) is 121 Å². The molecule has 252 valence electrons. The van der Waals surface area contributed by atoms with Crippen molar-refractivity contribution >= 4 is 11.9 Å².